The summed E-state index contributed by atoms with van der Waals surface area (Å²) >= 11 is 5.99. The maximum Gasteiger partial charge on any atom is 0.246 e. The van der Waals surface area contributed by atoms with Crippen LogP contribution >= 0.6 is 11.6 Å². The van der Waals surface area contributed by atoms with Crippen LogP contribution in [0.1, 0.15) is 12.8 Å². The molecule has 1 atom stereocenters. The van der Waals surface area contributed by atoms with Crippen molar-refractivity contribution in [2.45, 2.75) is 17.7 Å². The van der Waals surface area contributed by atoms with Crippen molar-refractivity contribution in [3.63, 3.8) is 0 Å². The van der Waals surface area contributed by atoms with Crippen molar-refractivity contribution in [1.82, 2.24) is 4.31 Å². The van der Waals surface area contributed by atoms with Crippen LogP contribution in [0.25, 0.3) is 0 Å². The first-order chi connectivity index (χ1) is 13.7. The summed E-state index contributed by atoms with van der Waals surface area (Å²) in [5.41, 5.74) is 0.549. The lowest BCUT2D eigenvalue weighted by Crippen LogP contribution is -2.46. The molecule has 6 nitrogen and oxygen atoms in total. The van der Waals surface area contributed by atoms with E-state index in [1.165, 1.54) is 52.7 Å². The molecule has 1 heterocycles. The van der Waals surface area contributed by atoms with Gasteiger partial charge in [-0.1, -0.05) is 11.6 Å². The van der Waals surface area contributed by atoms with Gasteiger partial charge < -0.3 is 9.64 Å². The number of carbonyl (C=O) groups excluding carboxylic acids is 1. The van der Waals surface area contributed by atoms with E-state index in [2.05, 4.69) is 0 Å². The van der Waals surface area contributed by atoms with Crippen LogP contribution in [0.4, 0.5) is 10.1 Å². The second-order valence-corrected chi connectivity index (χ2v) is 9.21. The molecule has 156 valence electrons. The largest absolute Gasteiger partial charge is 0.495 e. The highest BCUT2D eigenvalue weighted by Gasteiger charge is 2.36. The van der Waals surface area contributed by atoms with Crippen molar-refractivity contribution in [3.8, 4) is 5.75 Å². The highest BCUT2D eigenvalue weighted by Crippen LogP contribution is 2.32. The number of methoxy groups -OCH3 is 1. The number of piperidine rings is 1. The Hall–Kier alpha value is -2.16. The van der Waals surface area contributed by atoms with Crippen LogP contribution in [0.2, 0.25) is 5.02 Å². The van der Waals surface area contributed by atoms with Gasteiger partial charge in [0.25, 0.3) is 0 Å². The summed E-state index contributed by atoms with van der Waals surface area (Å²) in [5, 5.41) is 0.282. The number of hydrogen-bond donors (Lipinski definition) is 0. The molecule has 29 heavy (non-hydrogen) atoms. The zero-order valence-corrected chi connectivity index (χ0v) is 17.7. The normalized spacial score (nSPS) is 17.7. The molecule has 1 aliphatic heterocycles. The average Bonchev–Trinajstić information content (AvgIpc) is 2.73. The van der Waals surface area contributed by atoms with E-state index < -0.39 is 15.9 Å². The Morgan fingerprint density at radius 1 is 1.24 bits per heavy atom. The van der Waals surface area contributed by atoms with Crippen molar-refractivity contribution >= 4 is 33.2 Å². The van der Waals surface area contributed by atoms with E-state index in [1.54, 1.807) is 13.1 Å². The molecule has 0 aromatic heterocycles. The quantitative estimate of drug-likeness (QED) is 0.713. The fourth-order valence-corrected chi connectivity index (χ4v) is 5.36. The second-order valence-electron chi connectivity index (χ2n) is 6.87. The molecule has 0 saturated carbocycles. The van der Waals surface area contributed by atoms with Crippen molar-refractivity contribution < 1.29 is 22.3 Å². The molecule has 0 N–H and O–H groups in total. The third kappa shape index (κ3) is 4.55. The summed E-state index contributed by atoms with van der Waals surface area (Å²) in [6, 6.07) is 10.0. The molecular formula is C20H22ClFN2O4S. The first kappa shape index (κ1) is 21.5. The van der Waals surface area contributed by atoms with E-state index in [0.717, 1.165) is 0 Å². The summed E-state index contributed by atoms with van der Waals surface area (Å²) in [6.07, 6.45) is 1.12. The van der Waals surface area contributed by atoms with E-state index >= 15 is 0 Å². The minimum Gasteiger partial charge on any atom is -0.495 e. The van der Waals surface area contributed by atoms with Crippen molar-refractivity contribution in [2.75, 3.05) is 32.1 Å². The number of halogens is 2. The standard InChI is InChI=1S/C20H22ClFN2O4S/c1-23(17-8-6-16(22)7-9-17)20(25)14-4-3-11-24(13-14)29(26,27)19-12-15(21)5-10-18(19)28-2/h5-10,12,14H,3-4,11,13H2,1-2H3. The van der Waals surface area contributed by atoms with Gasteiger partial charge in [0.05, 0.1) is 13.0 Å². The van der Waals surface area contributed by atoms with Gasteiger partial charge in [-0.3, -0.25) is 4.79 Å². The first-order valence-electron chi connectivity index (χ1n) is 9.11. The van der Waals surface area contributed by atoms with E-state index in [9.17, 15) is 17.6 Å². The maximum absolute atomic E-state index is 13.2. The molecule has 0 bridgehead atoms. The molecule has 1 unspecified atom stereocenters. The van der Waals surface area contributed by atoms with Crippen LogP contribution in [-0.4, -0.2) is 45.9 Å². The van der Waals surface area contributed by atoms with E-state index in [1.807, 2.05) is 0 Å². The zero-order valence-electron chi connectivity index (χ0n) is 16.1. The van der Waals surface area contributed by atoms with Crippen LogP contribution in [0, 0.1) is 11.7 Å². The minimum atomic E-state index is -3.89. The Balaban J connectivity index is 1.82. The molecule has 3 rings (SSSR count). The molecule has 1 aliphatic rings. The summed E-state index contributed by atoms with van der Waals surface area (Å²) in [4.78, 5) is 14.3. The lowest BCUT2D eigenvalue weighted by atomic mass is 9.98. The van der Waals surface area contributed by atoms with Gasteiger partial charge in [0.1, 0.15) is 16.5 Å². The number of hydrogen-bond acceptors (Lipinski definition) is 4. The van der Waals surface area contributed by atoms with Gasteiger partial charge in [-0.2, -0.15) is 4.31 Å². The molecular weight excluding hydrogens is 419 g/mol. The molecule has 1 saturated heterocycles. The van der Waals surface area contributed by atoms with Gasteiger partial charge in [0.15, 0.2) is 0 Å². The van der Waals surface area contributed by atoms with Gasteiger partial charge in [-0.05, 0) is 55.3 Å². The number of carbonyl (C=O) groups is 1. The highest BCUT2D eigenvalue weighted by atomic mass is 35.5. The topological polar surface area (TPSA) is 66.9 Å². The van der Waals surface area contributed by atoms with Crippen molar-refractivity contribution in [1.29, 1.82) is 0 Å². The molecule has 0 radical (unpaired) electrons. The summed E-state index contributed by atoms with van der Waals surface area (Å²) < 4.78 is 46.0. The van der Waals surface area contributed by atoms with Crippen LogP contribution in [0.15, 0.2) is 47.4 Å². The number of rotatable bonds is 5. The van der Waals surface area contributed by atoms with Gasteiger partial charge in [0.2, 0.25) is 15.9 Å². The smallest absolute Gasteiger partial charge is 0.246 e. The number of amides is 1. The first-order valence-corrected chi connectivity index (χ1v) is 10.9. The van der Waals surface area contributed by atoms with Crippen molar-refractivity contribution in [3.05, 3.63) is 53.3 Å². The fraction of sp³-hybridized carbons (Fsp3) is 0.350. The SMILES string of the molecule is COc1ccc(Cl)cc1S(=O)(=O)N1CCCC(C(=O)N(C)c2ccc(F)cc2)C1. The Bertz CT molecular complexity index is 998. The Kier molecular flexibility index (Phi) is 6.45. The maximum atomic E-state index is 13.2. The molecule has 2 aromatic rings. The number of nitrogens with zero attached hydrogens (tertiary/aromatic N) is 2. The second kappa shape index (κ2) is 8.69. The van der Waals surface area contributed by atoms with Gasteiger partial charge in [-0.25, -0.2) is 12.8 Å². The number of ether oxygens (including phenoxy) is 1. The predicted molar refractivity (Wildman–Crippen MR) is 109 cm³/mol. The van der Waals surface area contributed by atoms with Crippen LogP contribution in [0.5, 0.6) is 5.75 Å². The van der Waals surface area contributed by atoms with Crippen LogP contribution in [-0.2, 0) is 14.8 Å². The van der Waals surface area contributed by atoms with E-state index in [0.29, 0.717) is 25.1 Å². The molecule has 2 aromatic carbocycles. The predicted octanol–water partition coefficient (Wildman–Crippen LogP) is 3.55. The van der Waals surface area contributed by atoms with Gasteiger partial charge in [0, 0.05) is 30.8 Å². The third-order valence-electron chi connectivity index (χ3n) is 5.02. The summed E-state index contributed by atoms with van der Waals surface area (Å²) in [7, 11) is -0.895. The Morgan fingerprint density at radius 3 is 2.59 bits per heavy atom. The van der Waals surface area contributed by atoms with E-state index in [-0.39, 0.29) is 33.9 Å². The lowest BCUT2D eigenvalue weighted by molar-refractivity contribution is -0.123. The van der Waals surface area contributed by atoms with Crippen LogP contribution in [0.3, 0.4) is 0 Å². The highest BCUT2D eigenvalue weighted by molar-refractivity contribution is 7.89. The van der Waals surface area contributed by atoms with Gasteiger partial charge in [-0.15, -0.1) is 0 Å². The third-order valence-corrected chi connectivity index (χ3v) is 7.14. The van der Waals surface area contributed by atoms with Gasteiger partial charge >= 0.3 is 0 Å². The minimum absolute atomic E-state index is 0.0208. The Morgan fingerprint density at radius 2 is 1.93 bits per heavy atom. The van der Waals surface area contributed by atoms with Crippen LogP contribution < -0.4 is 9.64 Å². The fourth-order valence-electron chi connectivity index (χ4n) is 3.42. The zero-order chi connectivity index (χ0) is 21.2. The summed E-state index contributed by atoms with van der Waals surface area (Å²) in [5.74, 6) is -0.903. The number of anilines is 1. The molecule has 1 fully saturated rings. The summed E-state index contributed by atoms with van der Waals surface area (Å²) in [6.45, 7) is 0.365. The van der Waals surface area contributed by atoms with E-state index in [4.69, 9.17) is 16.3 Å². The van der Waals surface area contributed by atoms with Crippen molar-refractivity contribution in [2.24, 2.45) is 5.92 Å². The Labute approximate surface area is 174 Å². The number of benzene rings is 2. The number of sulfonamides is 1. The molecule has 1 amide bonds. The molecule has 0 spiro atoms. The monoisotopic (exact) mass is 440 g/mol. The molecule has 9 heteroatoms. The lowest BCUT2D eigenvalue weighted by Gasteiger charge is -2.33. The molecule has 0 aliphatic carbocycles. The average molecular weight is 441 g/mol.